The van der Waals surface area contributed by atoms with Crippen molar-refractivity contribution in [2.45, 2.75) is 6.92 Å². The second-order valence-electron chi connectivity index (χ2n) is 3.29. The van der Waals surface area contributed by atoms with Crippen LogP contribution in [0.1, 0.15) is 11.3 Å². The summed E-state index contributed by atoms with van der Waals surface area (Å²) in [4.78, 5) is 0. The van der Waals surface area contributed by atoms with Crippen molar-refractivity contribution in [1.82, 2.24) is 4.57 Å². The van der Waals surface area contributed by atoms with Crippen molar-refractivity contribution in [3.63, 3.8) is 0 Å². The molecule has 2 aromatic rings. The van der Waals surface area contributed by atoms with Gasteiger partial charge in [-0.2, -0.15) is 5.26 Å². The van der Waals surface area contributed by atoms with E-state index in [1.54, 1.807) is 0 Å². The highest BCUT2D eigenvalue weighted by Crippen LogP contribution is 2.26. The average Bonchev–Trinajstić information content (AvgIpc) is 2.39. The lowest BCUT2D eigenvalue weighted by Gasteiger charge is -1.97. The Hall–Kier alpha value is -1.46. The Kier molecular flexibility index (Phi) is 1.98. The van der Waals surface area contributed by atoms with Gasteiger partial charge in [-0.25, -0.2) is 0 Å². The molecule has 0 bridgehead atoms. The van der Waals surface area contributed by atoms with E-state index in [2.05, 4.69) is 6.07 Å². The summed E-state index contributed by atoms with van der Waals surface area (Å²) in [6.07, 6.45) is 0. The molecular formula is C11H9ClN2. The van der Waals surface area contributed by atoms with Crippen LogP contribution in [0.5, 0.6) is 0 Å². The van der Waals surface area contributed by atoms with Gasteiger partial charge in [0.15, 0.2) is 0 Å². The third kappa shape index (κ3) is 1.10. The van der Waals surface area contributed by atoms with Crippen LogP contribution in [0.4, 0.5) is 0 Å². The number of fused-ring (bicyclic) bond motifs is 1. The third-order valence-electron chi connectivity index (χ3n) is 2.57. The minimum Gasteiger partial charge on any atom is -0.347 e. The zero-order valence-corrected chi connectivity index (χ0v) is 8.76. The van der Waals surface area contributed by atoms with Gasteiger partial charge >= 0.3 is 0 Å². The smallest absolute Gasteiger partial charge is 0.102 e. The molecule has 0 spiro atoms. The molecule has 14 heavy (non-hydrogen) atoms. The fourth-order valence-electron chi connectivity index (χ4n) is 1.69. The highest BCUT2D eigenvalue weighted by molar-refractivity contribution is 6.31. The van der Waals surface area contributed by atoms with Crippen LogP contribution in [-0.4, -0.2) is 4.57 Å². The lowest BCUT2D eigenvalue weighted by molar-refractivity contribution is 0.915. The standard InChI is InChI=1S/C11H9ClN2/c1-7-10(6-13)9-5-8(12)3-4-11(9)14(7)2/h3-5H,1-2H3. The van der Waals surface area contributed by atoms with Crippen molar-refractivity contribution < 1.29 is 0 Å². The molecule has 3 heteroatoms. The van der Waals surface area contributed by atoms with Gasteiger partial charge < -0.3 is 4.57 Å². The molecule has 1 aromatic carbocycles. The molecule has 0 aliphatic carbocycles. The molecule has 0 radical (unpaired) electrons. The maximum Gasteiger partial charge on any atom is 0.102 e. The van der Waals surface area contributed by atoms with Crippen LogP contribution in [0.15, 0.2) is 18.2 Å². The maximum absolute atomic E-state index is 9.01. The molecule has 0 saturated heterocycles. The number of nitrogens with zero attached hydrogens (tertiary/aromatic N) is 2. The molecule has 0 N–H and O–H groups in total. The minimum atomic E-state index is 0.666. The topological polar surface area (TPSA) is 28.7 Å². The Morgan fingerprint density at radius 1 is 1.43 bits per heavy atom. The van der Waals surface area contributed by atoms with E-state index in [9.17, 15) is 0 Å². The normalized spacial score (nSPS) is 10.4. The van der Waals surface area contributed by atoms with Crippen molar-refractivity contribution in [1.29, 1.82) is 5.26 Å². The van der Waals surface area contributed by atoms with E-state index in [0.717, 1.165) is 16.6 Å². The monoisotopic (exact) mass is 204 g/mol. The molecule has 0 saturated carbocycles. The number of halogens is 1. The molecule has 2 nitrogen and oxygen atoms in total. The maximum atomic E-state index is 9.01. The number of rotatable bonds is 0. The Balaban J connectivity index is 2.98. The van der Waals surface area contributed by atoms with Crippen molar-refractivity contribution >= 4 is 22.5 Å². The van der Waals surface area contributed by atoms with Gasteiger partial charge in [0.05, 0.1) is 5.56 Å². The van der Waals surface area contributed by atoms with Gasteiger partial charge in [-0.15, -0.1) is 0 Å². The molecule has 0 amide bonds. The quantitative estimate of drug-likeness (QED) is 0.649. The molecule has 0 aliphatic heterocycles. The van der Waals surface area contributed by atoms with Crippen LogP contribution < -0.4 is 0 Å². The summed E-state index contributed by atoms with van der Waals surface area (Å²) in [5, 5.41) is 10.6. The summed E-state index contributed by atoms with van der Waals surface area (Å²) >= 11 is 5.89. The first-order valence-electron chi connectivity index (χ1n) is 4.30. The number of nitriles is 1. The molecule has 0 atom stereocenters. The largest absolute Gasteiger partial charge is 0.347 e. The van der Waals surface area contributed by atoms with Crippen LogP contribution in [0.3, 0.4) is 0 Å². The third-order valence-corrected chi connectivity index (χ3v) is 2.80. The number of hydrogen-bond donors (Lipinski definition) is 0. The number of benzene rings is 1. The summed E-state index contributed by atoms with van der Waals surface area (Å²) < 4.78 is 2.00. The van der Waals surface area contributed by atoms with Gasteiger partial charge in [0.25, 0.3) is 0 Å². The first kappa shape index (κ1) is 9.11. The Morgan fingerprint density at radius 2 is 2.14 bits per heavy atom. The van der Waals surface area contributed by atoms with Crippen molar-refractivity contribution in [2.24, 2.45) is 7.05 Å². The number of hydrogen-bond acceptors (Lipinski definition) is 1. The van der Waals surface area contributed by atoms with E-state index in [1.165, 1.54) is 0 Å². The average molecular weight is 205 g/mol. The second-order valence-corrected chi connectivity index (χ2v) is 3.73. The van der Waals surface area contributed by atoms with Crippen molar-refractivity contribution in [3.05, 3.63) is 34.5 Å². The zero-order chi connectivity index (χ0) is 10.3. The van der Waals surface area contributed by atoms with E-state index in [4.69, 9.17) is 16.9 Å². The fourth-order valence-corrected chi connectivity index (χ4v) is 1.86. The van der Waals surface area contributed by atoms with E-state index in [1.807, 2.05) is 36.7 Å². The lowest BCUT2D eigenvalue weighted by Crippen LogP contribution is -1.89. The molecule has 2 rings (SSSR count). The van der Waals surface area contributed by atoms with Gasteiger partial charge in [0, 0.05) is 28.7 Å². The Morgan fingerprint density at radius 3 is 2.79 bits per heavy atom. The summed E-state index contributed by atoms with van der Waals surface area (Å²) in [6, 6.07) is 7.82. The molecule has 1 heterocycles. The molecule has 0 unspecified atom stereocenters. The van der Waals surface area contributed by atoms with Gasteiger partial charge in [0.2, 0.25) is 0 Å². The minimum absolute atomic E-state index is 0.666. The first-order chi connectivity index (χ1) is 6.65. The van der Waals surface area contributed by atoms with Crippen molar-refractivity contribution in [3.8, 4) is 6.07 Å². The first-order valence-corrected chi connectivity index (χ1v) is 4.67. The second kappa shape index (κ2) is 3.04. The van der Waals surface area contributed by atoms with Gasteiger partial charge in [-0.3, -0.25) is 0 Å². The lowest BCUT2D eigenvalue weighted by atomic mass is 10.1. The zero-order valence-electron chi connectivity index (χ0n) is 8.00. The van der Waals surface area contributed by atoms with Crippen LogP contribution in [0.25, 0.3) is 10.9 Å². The van der Waals surface area contributed by atoms with Crippen LogP contribution in [0.2, 0.25) is 5.02 Å². The predicted octanol–water partition coefficient (Wildman–Crippen LogP) is 3.01. The summed E-state index contributed by atoms with van der Waals surface area (Å²) in [5.41, 5.74) is 2.73. The summed E-state index contributed by atoms with van der Waals surface area (Å²) in [7, 11) is 1.95. The molecule has 70 valence electrons. The Labute approximate surface area is 87.3 Å². The van der Waals surface area contributed by atoms with E-state index < -0.39 is 0 Å². The predicted molar refractivity (Wildman–Crippen MR) is 57.4 cm³/mol. The van der Waals surface area contributed by atoms with Gasteiger partial charge in [0.1, 0.15) is 6.07 Å². The van der Waals surface area contributed by atoms with Crippen LogP contribution in [-0.2, 0) is 7.05 Å². The number of aryl methyl sites for hydroxylation is 1. The number of aromatic nitrogens is 1. The van der Waals surface area contributed by atoms with Gasteiger partial charge in [-0.05, 0) is 25.1 Å². The molecule has 0 fully saturated rings. The fraction of sp³-hybridized carbons (Fsp3) is 0.182. The van der Waals surface area contributed by atoms with E-state index in [-0.39, 0.29) is 0 Å². The van der Waals surface area contributed by atoms with Crippen LogP contribution in [0, 0.1) is 18.3 Å². The summed E-state index contributed by atoms with van der Waals surface area (Å²) in [5.74, 6) is 0. The highest BCUT2D eigenvalue weighted by Gasteiger charge is 2.10. The van der Waals surface area contributed by atoms with Crippen molar-refractivity contribution in [2.75, 3.05) is 0 Å². The van der Waals surface area contributed by atoms with Crippen LogP contribution >= 0.6 is 11.6 Å². The highest BCUT2D eigenvalue weighted by atomic mass is 35.5. The Bertz CT molecular complexity index is 546. The van der Waals surface area contributed by atoms with E-state index >= 15 is 0 Å². The molecule has 0 aliphatic rings. The SMILES string of the molecule is Cc1c(C#N)c2cc(Cl)ccc2n1C. The summed E-state index contributed by atoms with van der Waals surface area (Å²) in [6.45, 7) is 1.94. The molecule has 1 aromatic heterocycles. The molecular weight excluding hydrogens is 196 g/mol. The van der Waals surface area contributed by atoms with Gasteiger partial charge in [-0.1, -0.05) is 11.6 Å². The van der Waals surface area contributed by atoms with E-state index in [0.29, 0.717) is 10.6 Å².